The van der Waals surface area contributed by atoms with Crippen molar-refractivity contribution < 1.29 is 24.3 Å². The van der Waals surface area contributed by atoms with Gasteiger partial charge in [-0.2, -0.15) is 12.6 Å². The zero-order valence-corrected chi connectivity index (χ0v) is 16.6. The van der Waals surface area contributed by atoms with E-state index in [9.17, 15) is 24.3 Å². The summed E-state index contributed by atoms with van der Waals surface area (Å²) in [5.74, 6) is -3.18. The Kier molecular flexibility index (Phi) is 12.4. The summed E-state index contributed by atoms with van der Waals surface area (Å²) in [6, 6.07) is -3.01. The molecule has 0 spiro atoms. The molecule has 0 aromatic carbocycles. The standard InChI is InChI=1S/C16H31N5O5S/c1-9(2)13(21-12(22)7-18)15(24)20-11(8-27)14(23)19-10(16(25)26)5-3-4-6-17/h9-11,13,27H,3-8,17-18H2,1-2H3,(H,19,23)(H,20,24)(H,21,22)(H,25,26). The molecule has 0 aliphatic heterocycles. The Morgan fingerprint density at radius 2 is 1.56 bits per heavy atom. The zero-order chi connectivity index (χ0) is 21.0. The van der Waals surface area contributed by atoms with Crippen LogP contribution in [-0.4, -0.2) is 65.8 Å². The molecule has 0 aliphatic carbocycles. The van der Waals surface area contributed by atoms with E-state index in [1.807, 2.05) is 0 Å². The molecule has 0 rings (SSSR count). The number of thiol groups is 1. The highest BCUT2D eigenvalue weighted by molar-refractivity contribution is 7.80. The molecular weight excluding hydrogens is 374 g/mol. The Bertz CT molecular complexity index is 517. The molecule has 0 fully saturated rings. The number of hydrogen-bond donors (Lipinski definition) is 7. The van der Waals surface area contributed by atoms with Crippen molar-refractivity contribution in [2.75, 3.05) is 18.8 Å². The van der Waals surface area contributed by atoms with Gasteiger partial charge in [0.15, 0.2) is 0 Å². The van der Waals surface area contributed by atoms with Crippen molar-refractivity contribution in [3.8, 4) is 0 Å². The summed E-state index contributed by atoms with van der Waals surface area (Å²) in [5.41, 5.74) is 10.6. The maximum Gasteiger partial charge on any atom is 0.326 e. The number of nitrogens with one attached hydrogen (secondary N) is 3. The third kappa shape index (κ3) is 9.59. The second kappa shape index (κ2) is 13.3. The average molecular weight is 406 g/mol. The number of aliphatic carboxylic acids is 1. The van der Waals surface area contributed by atoms with Crippen LogP contribution in [0.15, 0.2) is 0 Å². The number of carbonyl (C=O) groups is 4. The maximum atomic E-state index is 12.4. The lowest BCUT2D eigenvalue weighted by molar-refractivity contribution is -0.142. The number of carboxylic acid groups (broad SMARTS) is 1. The first kappa shape index (κ1) is 25.1. The minimum absolute atomic E-state index is 0.0393. The number of nitrogens with two attached hydrogens (primary N) is 2. The van der Waals surface area contributed by atoms with E-state index in [2.05, 4.69) is 28.6 Å². The second-order valence-corrected chi connectivity index (χ2v) is 6.79. The monoisotopic (exact) mass is 405 g/mol. The van der Waals surface area contributed by atoms with Gasteiger partial charge < -0.3 is 32.5 Å². The lowest BCUT2D eigenvalue weighted by Gasteiger charge is -2.25. The van der Waals surface area contributed by atoms with Gasteiger partial charge in [-0.15, -0.1) is 0 Å². The van der Waals surface area contributed by atoms with Crippen molar-refractivity contribution >= 4 is 36.3 Å². The van der Waals surface area contributed by atoms with Gasteiger partial charge in [0, 0.05) is 5.75 Å². The Morgan fingerprint density at radius 3 is 2.00 bits per heavy atom. The molecule has 0 aromatic heterocycles. The van der Waals surface area contributed by atoms with Crippen molar-refractivity contribution in [3.63, 3.8) is 0 Å². The van der Waals surface area contributed by atoms with Crippen molar-refractivity contribution in [3.05, 3.63) is 0 Å². The van der Waals surface area contributed by atoms with Gasteiger partial charge in [-0.1, -0.05) is 13.8 Å². The van der Waals surface area contributed by atoms with E-state index in [1.165, 1.54) is 0 Å². The van der Waals surface area contributed by atoms with E-state index < -0.39 is 41.8 Å². The van der Waals surface area contributed by atoms with Crippen LogP contribution in [0.25, 0.3) is 0 Å². The SMILES string of the molecule is CC(C)C(NC(=O)CN)C(=O)NC(CS)C(=O)NC(CCCCN)C(=O)O. The molecule has 0 aromatic rings. The minimum Gasteiger partial charge on any atom is -0.480 e. The van der Waals surface area contributed by atoms with Crippen LogP contribution in [0, 0.1) is 5.92 Å². The average Bonchev–Trinajstić information content (AvgIpc) is 2.62. The summed E-state index contributed by atoms with van der Waals surface area (Å²) < 4.78 is 0. The maximum absolute atomic E-state index is 12.4. The van der Waals surface area contributed by atoms with Crippen LogP contribution in [0.1, 0.15) is 33.1 Å². The first-order valence-electron chi connectivity index (χ1n) is 8.81. The quantitative estimate of drug-likeness (QED) is 0.140. The fourth-order valence-corrected chi connectivity index (χ4v) is 2.50. The highest BCUT2D eigenvalue weighted by Gasteiger charge is 2.29. The van der Waals surface area contributed by atoms with Gasteiger partial charge >= 0.3 is 5.97 Å². The molecule has 0 heterocycles. The van der Waals surface area contributed by atoms with E-state index >= 15 is 0 Å². The largest absolute Gasteiger partial charge is 0.480 e. The normalized spacial score (nSPS) is 14.1. The summed E-state index contributed by atoms with van der Waals surface area (Å²) in [7, 11) is 0. The van der Waals surface area contributed by atoms with E-state index in [4.69, 9.17) is 11.5 Å². The summed E-state index contributed by atoms with van der Waals surface area (Å²) in [4.78, 5) is 47.6. The predicted molar refractivity (Wildman–Crippen MR) is 104 cm³/mol. The summed E-state index contributed by atoms with van der Waals surface area (Å²) in [5, 5.41) is 16.6. The van der Waals surface area contributed by atoms with Crippen molar-refractivity contribution in [1.29, 1.82) is 0 Å². The minimum atomic E-state index is -1.17. The lowest BCUT2D eigenvalue weighted by Crippen LogP contribution is -2.58. The summed E-state index contributed by atoms with van der Waals surface area (Å²) in [6.45, 7) is 3.63. The molecule has 27 heavy (non-hydrogen) atoms. The molecule has 0 radical (unpaired) electrons. The van der Waals surface area contributed by atoms with Gasteiger partial charge in [0.1, 0.15) is 18.1 Å². The van der Waals surface area contributed by atoms with Crippen LogP contribution in [0.4, 0.5) is 0 Å². The topological polar surface area (TPSA) is 177 Å². The molecule has 10 nitrogen and oxygen atoms in total. The Labute approximate surface area is 164 Å². The number of hydrogen-bond acceptors (Lipinski definition) is 7. The van der Waals surface area contributed by atoms with Crippen LogP contribution in [0.2, 0.25) is 0 Å². The molecule has 3 unspecified atom stereocenters. The number of carbonyl (C=O) groups excluding carboxylic acids is 3. The van der Waals surface area contributed by atoms with Crippen molar-refractivity contribution in [2.24, 2.45) is 17.4 Å². The third-order valence-corrected chi connectivity index (χ3v) is 4.19. The molecule has 0 saturated carbocycles. The molecule has 3 atom stereocenters. The molecule has 8 N–H and O–H groups in total. The first-order valence-corrected chi connectivity index (χ1v) is 9.45. The van der Waals surface area contributed by atoms with Gasteiger partial charge in [0.2, 0.25) is 17.7 Å². The molecule has 3 amide bonds. The molecule has 156 valence electrons. The van der Waals surface area contributed by atoms with Crippen molar-refractivity contribution in [1.82, 2.24) is 16.0 Å². The molecule has 0 saturated heterocycles. The van der Waals surface area contributed by atoms with Gasteiger partial charge in [-0.25, -0.2) is 4.79 Å². The fourth-order valence-electron chi connectivity index (χ4n) is 2.25. The number of carboxylic acids is 1. The summed E-state index contributed by atoms with van der Waals surface area (Å²) >= 11 is 4.05. The van der Waals surface area contributed by atoms with E-state index in [1.54, 1.807) is 13.8 Å². The molecule has 0 bridgehead atoms. The predicted octanol–water partition coefficient (Wildman–Crippen LogP) is -1.80. The highest BCUT2D eigenvalue weighted by atomic mass is 32.1. The van der Waals surface area contributed by atoms with Gasteiger partial charge in [0.25, 0.3) is 0 Å². The highest BCUT2D eigenvalue weighted by Crippen LogP contribution is 2.05. The third-order valence-electron chi connectivity index (χ3n) is 3.83. The van der Waals surface area contributed by atoms with E-state index in [0.29, 0.717) is 19.4 Å². The van der Waals surface area contributed by atoms with Crippen LogP contribution in [-0.2, 0) is 19.2 Å². The van der Waals surface area contributed by atoms with Gasteiger partial charge in [-0.05, 0) is 31.7 Å². The van der Waals surface area contributed by atoms with Crippen LogP contribution in [0.5, 0.6) is 0 Å². The lowest BCUT2D eigenvalue weighted by atomic mass is 10.0. The van der Waals surface area contributed by atoms with Crippen molar-refractivity contribution in [2.45, 2.75) is 51.2 Å². The number of amides is 3. The van der Waals surface area contributed by atoms with E-state index in [-0.39, 0.29) is 24.6 Å². The Balaban J connectivity index is 4.95. The Hall–Kier alpha value is -1.85. The second-order valence-electron chi connectivity index (χ2n) is 6.42. The molecule has 11 heteroatoms. The van der Waals surface area contributed by atoms with Crippen LogP contribution in [0.3, 0.4) is 0 Å². The Morgan fingerprint density at radius 1 is 0.963 bits per heavy atom. The molecular formula is C16H31N5O5S. The molecule has 0 aliphatic rings. The van der Waals surface area contributed by atoms with Gasteiger partial charge in [-0.3, -0.25) is 14.4 Å². The zero-order valence-electron chi connectivity index (χ0n) is 15.7. The first-order chi connectivity index (χ1) is 12.7. The summed E-state index contributed by atoms with van der Waals surface area (Å²) in [6.07, 6.45) is 1.42. The number of rotatable bonds is 13. The fraction of sp³-hybridized carbons (Fsp3) is 0.750. The number of unbranched alkanes of at least 4 members (excludes halogenated alkanes) is 1. The van der Waals surface area contributed by atoms with Crippen LogP contribution >= 0.6 is 12.6 Å². The smallest absolute Gasteiger partial charge is 0.326 e. The van der Waals surface area contributed by atoms with Crippen LogP contribution < -0.4 is 27.4 Å². The van der Waals surface area contributed by atoms with E-state index in [0.717, 1.165) is 0 Å². The van der Waals surface area contributed by atoms with Gasteiger partial charge in [0.05, 0.1) is 6.54 Å².